The molecular weight excluding hydrogens is 358 g/mol. The van der Waals surface area contributed by atoms with Gasteiger partial charge < -0.3 is 19.7 Å². The molecule has 0 radical (unpaired) electrons. The number of hydrogen-bond donors (Lipinski definition) is 3. The molecule has 1 aromatic carbocycles. The monoisotopic (exact) mass is 381 g/mol. The van der Waals surface area contributed by atoms with Crippen LogP contribution in [0.1, 0.15) is 11.1 Å². The van der Waals surface area contributed by atoms with Gasteiger partial charge in [-0.1, -0.05) is 18.2 Å². The molecule has 8 nitrogen and oxygen atoms in total. The minimum Gasteiger partial charge on any atom is -0.480 e. The predicted molar refractivity (Wildman–Crippen MR) is 105 cm³/mol. The molecule has 0 bridgehead atoms. The molecule has 0 amide bonds. The minimum absolute atomic E-state index is 0.392. The van der Waals surface area contributed by atoms with Crippen molar-refractivity contribution < 1.29 is 14.6 Å². The predicted octanol–water partition coefficient (Wildman–Crippen LogP) is 1.58. The van der Waals surface area contributed by atoms with Crippen LogP contribution in [0.15, 0.2) is 42.9 Å². The Morgan fingerprint density at radius 3 is 2.75 bits per heavy atom. The lowest BCUT2D eigenvalue weighted by molar-refractivity contribution is -0.139. The molecular formula is C20H23N5O3. The number of hydrogen-bond acceptors (Lipinski definition) is 6. The Bertz CT molecular complexity index is 934. The van der Waals surface area contributed by atoms with Crippen molar-refractivity contribution >= 4 is 22.8 Å². The zero-order valence-electron chi connectivity index (χ0n) is 15.5. The number of carboxylic acid groups (broad SMARTS) is 1. The topological polar surface area (TPSA) is 103 Å². The summed E-state index contributed by atoms with van der Waals surface area (Å²) in [4.78, 5) is 25.8. The SMILES string of the molecule is O=C(O)C(Cc1c[nH]c2ccccc12)NCc1cnc(N2CCOCC2)nc1. The van der Waals surface area contributed by atoms with Crippen molar-refractivity contribution in [3.8, 4) is 0 Å². The number of para-hydroxylation sites is 1. The lowest BCUT2D eigenvalue weighted by atomic mass is 10.0. The highest BCUT2D eigenvalue weighted by Crippen LogP contribution is 2.19. The van der Waals surface area contributed by atoms with Gasteiger partial charge >= 0.3 is 5.97 Å². The average molecular weight is 381 g/mol. The van der Waals surface area contributed by atoms with Crippen molar-refractivity contribution in [1.29, 1.82) is 0 Å². The van der Waals surface area contributed by atoms with E-state index in [1.165, 1.54) is 0 Å². The van der Waals surface area contributed by atoms with E-state index in [2.05, 4.69) is 25.2 Å². The van der Waals surface area contributed by atoms with Gasteiger partial charge in [-0.2, -0.15) is 0 Å². The largest absolute Gasteiger partial charge is 0.480 e. The molecule has 1 atom stereocenters. The van der Waals surface area contributed by atoms with Gasteiger partial charge in [0.15, 0.2) is 0 Å². The van der Waals surface area contributed by atoms with Crippen molar-refractivity contribution in [1.82, 2.24) is 20.3 Å². The molecule has 1 saturated heterocycles. The lowest BCUT2D eigenvalue weighted by Gasteiger charge is -2.26. The van der Waals surface area contributed by atoms with Gasteiger partial charge in [-0.15, -0.1) is 0 Å². The number of anilines is 1. The van der Waals surface area contributed by atoms with Gasteiger partial charge in [0.05, 0.1) is 13.2 Å². The van der Waals surface area contributed by atoms with Crippen LogP contribution in [0, 0.1) is 0 Å². The van der Waals surface area contributed by atoms with E-state index in [1.54, 1.807) is 12.4 Å². The number of ether oxygens (including phenoxy) is 1. The standard InChI is InChI=1S/C20H23N5O3/c26-19(27)18(9-15-13-22-17-4-2-1-3-16(15)17)21-10-14-11-23-20(24-12-14)25-5-7-28-8-6-25/h1-4,11-13,18,21-22H,5-10H2,(H,26,27). The number of morpholine rings is 1. The highest BCUT2D eigenvalue weighted by atomic mass is 16.5. The second-order valence-electron chi connectivity index (χ2n) is 6.83. The fourth-order valence-corrected chi connectivity index (χ4v) is 3.37. The number of benzene rings is 1. The Morgan fingerprint density at radius 2 is 2.00 bits per heavy atom. The van der Waals surface area contributed by atoms with E-state index in [-0.39, 0.29) is 0 Å². The summed E-state index contributed by atoms with van der Waals surface area (Å²) >= 11 is 0. The van der Waals surface area contributed by atoms with Crippen LogP contribution in [0.4, 0.5) is 5.95 Å². The summed E-state index contributed by atoms with van der Waals surface area (Å²) < 4.78 is 5.34. The molecule has 3 aromatic rings. The van der Waals surface area contributed by atoms with Crippen LogP contribution < -0.4 is 10.2 Å². The molecule has 4 rings (SSSR count). The first-order chi connectivity index (χ1) is 13.7. The first-order valence-electron chi connectivity index (χ1n) is 9.35. The molecule has 1 aliphatic heterocycles. The van der Waals surface area contributed by atoms with Crippen molar-refractivity contribution in [2.75, 3.05) is 31.2 Å². The van der Waals surface area contributed by atoms with Crippen molar-refractivity contribution in [2.24, 2.45) is 0 Å². The molecule has 28 heavy (non-hydrogen) atoms. The zero-order chi connectivity index (χ0) is 19.3. The van der Waals surface area contributed by atoms with E-state index in [0.29, 0.717) is 32.1 Å². The number of aromatic amines is 1. The van der Waals surface area contributed by atoms with Gasteiger partial charge in [-0.3, -0.25) is 10.1 Å². The van der Waals surface area contributed by atoms with Gasteiger partial charge in [0, 0.05) is 61.1 Å². The summed E-state index contributed by atoms with van der Waals surface area (Å²) in [5.74, 6) is -0.197. The van der Waals surface area contributed by atoms with Crippen LogP contribution in [0.25, 0.3) is 10.9 Å². The van der Waals surface area contributed by atoms with Crippen LogP contribution in [0.5, 0.6) is 0 Å². The van der Waals surface area contributed by atoms with Crippen LogP contribution in [0.3, 0.4) is 0 Å². The summed E-state index contributed by atoms with van der Waals surface area (Å²) in [5, 5.41) is 13.8. The summed E-state index contributed by atoms with van der Waals surface area (Å²) in [5.41, 5.74) is 2.84. The van der Waals surface area contributed by atoms with Crippen molar-refractivity contribution in [2.45, 2.75) is 19.0 Å². The quantitative estimate of drug-likeness (QED) is 0.571. The number of fused-ring (bicyclic) bond motifs is 1. The molecule has 1 fully saturated rings. The Balaban J connectivity index is 1.39. The highest BCUT2D eigenvalue weighted by molar-refractivity contribution is 5.84. The molecule has 0 aliphatic carbocycles. The second kappa shape index (κ2) is 8.37. The maximum Gasteiger partial charge on any atom is 0.321 e. The number of nitrogens with one attached hydrogen (secondary N) is 2. The van der Waals surface area contributed by atoms with E-state index in [9.17, 15) is 9.90 Å². The zero-order valence-corrected chi connectivity index (χ0v) is 15.5. The Morgan fingerprint density at radius 1 is 1.25 bits per heavy atom. The number of aromatic nitrogens is 3. The summed E-state index contributed by atoms with van der Waals surface area (Å²) in [6.45, 7) is 3.32. The van der Waals surface area contributed by atoms with Crippen LogP contribution >= 0.6 is 0 Å². The fraction of sp³-hybridized carbons (Fsp3) is 0.350. The molecule has 0 spiro atoms. The number of carbonyl (C=O) groups is 1. The van der Waals surface area contributed by atoms with Crippen LogP contribution in [-0.2, 0) is 22.5 Å². The maximum atomic E-state index is 11.7. The van der Waals surface area contributed by atoms with Gasteiger partial charge in [-0.25, -0.2) is 9.97 Å². The molecule has 3 N–H and O–H groups in total. The van der Waals surface area contributed by atoms with Crippen molar-refractivity contribution in [3.05, 3.63) is 54.0 Å². The molecule has 2 aromatic heterocycles. The number of H-pyrrole nitrogens is 1. The fourth-order valence-electron chi connectivity index (χ4n) is 3.37. The highest BCUT2D eigenvalue weighted by Gasteiger charge is 2.19. The van der Waals surface area contributed by atoms with Gasteiger partial charge in [0.25, 0.3) is 0 Å². The molecule has 8 heteroatoms. The van der Waals surface area contributed by atoms with Crippen LogP contribution in [-0.4, -0.2) is 58.4 Å². The van der Waals surface area contributed by atoms with E-state index < -0.39 is 12.0 Å². The van der Waals surface area contributed by atoms with Crippen LogP contribution in [0.2, 0.25) is 0 Å². The first kappa shape index (κ1) is 18.4. The van der Waals surface area contributed by atoms with E-state index in [4.69, 9.17) is 4.74 Å². The second-order valence-corrected chi connectivity index (χ2v) is 6.83. The Hall–Kier alpha value is -2.97. The van der Waals surface area contributed by atoms with Gasteiger partial charge in [-0.05, 0) is 11.6 Å². The maximum absolute atomic E-state index is 11.7. The number of carboxylic acids is 1. The third-order valence-corrected chi connectivity index (χ3v) is 4.94. The summed E-state index contributed by atoms with van der Waals surface area (Å²) in [6.07, 6.45) is 5.76. The third-order valence-electron chi connectivity index (χ3n) is 4.94. The summed E-state index contributed by atoms with van der Waals surface area (Å²) in [6, 6.07) is 7.19. The Kier molecular flexibility index (Phi) is 5.50. The lowest BCUT2D eigenvalue weighted by Crippen LogP contribution is -2.38. The van der Waals surface area contributed by atoms with E-state index in [0.717, 1.165) is 35.1 Å². The number of rotatable bonds is 7. The molecule has 146 valence electrons. The van der Waals surface area contributed by atoms with Gasteiger partial charge in [0.2, 0.25) is 5.95 Å². The van der Waals surface area contributed by atoms with E-state index >= 15 is 0 Å². The number of aliphatic carboxylic acids is 1. The molecule has 3 heterocycles. The number of nitrogens with zero attached hydrogens (tertiary/aromatic N) is 3. The molecule has 1 aliphatic rings. The Labute approximate surface area is 162 Å². The summed E-state index contributed by atoms with van der Waals surface area (Å²) in [7, 11) is 0. The average Bonchev–Trinajstić information content (AvgIpc) is 3.15. The normalized spacial score (nSPS) is 15.6. The van der Waals surface area contributed by atoms with Crippen molar-refractivity contribution in [3.63, 3.8) is 0 Å². The first-order valence-corrected chi connectivity index (χ1v) is 9.35. The molecule has 0 saturated carbocycles. The third kappa shape index (κ3) is 4.13. The minimum atomic E-state index is -0.879. The smallest absolute Gasteiger partial charge is 0.321 e. The molecule has 1 unspecified atom stereocenters. The van der Waals surface area contributed by atoms with Gasteiger partial charge in [0.1, 0.15) is 6.04 Å². The van der Waals surface area contributed by atoms with E-state index in [1.807, 2.05) is 30.5 Å².